The standard InChI is InChI=1S/C16H16F3NO3/c1-10(11-3-2-4-13(8-11)16(17,18)19)7-14(21)20-6-5-12(9-20)15(22)23/h2-4,7-8,12H,5-6,9H2,1H3,(H,22,23)/b10-7-. The van der Waals surface area contributed by atoms with Crippen LogP contribution in [0.5, 0.6) is 0 Å². The molecule has 0 aromatic heterocycles. The number of nitrogens with zero attached hydrogens (tertiary/aromatic N) is 1. The van der Waals surface area contributed by atoms with Gasteiger partial charge in [-0.15, -0.1) is 0 Å². The molecule has 7 heteroatoms. The Balaban J connectivity index is 2.14. The summed E-state index contributed by atoms with van der Waals surface area (Å²) in [6.07, 6.45) is -2.80. The van der Waals surface area contributed by atoms with E-state index in [9.17, 15) is 22.8 Å². The van der Waals surface area contributed by atoms with Gasteiger partial charge in [0.25, 0.3) is 0 Å². The van der Waals surface area contributed by atoms with Gasteiger partial charge in [-0.05, 0) is 36.6 Å². The highest BCUT2D eigenvalue weighted by atomic mass is 19.4. The molecule has 1 N–H and O–H groups in total. The molecule has 1 aromatic carbocycles. The zero-order chi connectivity index (χ0) is 17.2. The summed E-state index contributed by atoms with van der Waals surface area (Å²) in [6, 6.07) is 4.74. The summed E-state index contributed by atoms with van der Waals surface area (Å²) in [5, 5.41) is 8.92. The number of likely N-dealkylation sites (tertiary alicyclic amines) is 1. The Labute approximate surface area is 131 Å². The average Bonchev–Trinajstić information content (AvgIpc) is 2.96. The third kappa shape index (κ3) is 4.12. The molecule has 23 heavy (non-hydrogen) atoms. The summed E-state index contributed by atoms with van der Waals surface area (Å²) in [6.45, 7) is 2.01. The first-order valence-corrected chi connectivity index (χ1v) is 7.06. The normalized spacial score (nSPS) is 19.0. The first kappa shape index (κ1) is 17.1. The summed E-state index contributed by atoms with van der Waals surface area (Å²) >= 11 is 0. The number of halogens is 3. The first-order valence-electron chi connectivity index (χ1n) is 7.06. The second-order valence-corrected chi connectivity index (χ2v) is 5.51. The van der Waals surface area contributed by atoms with Crippen molar-refractivity contribution in [3.8, 4) is 0 Å². The van der Waals surface area contributed by atoms with E-state index in [4.69, 9.17) is 5.11 Å². The molecule has 1 aromatic rings. The van der Waals surface area contributed by atoms with Crippen LogP contribution in [0.3, 0.4) is 0 Å². The Bertz CT molecular complexity index is 652. The molecule has 0 spiro atoms. The third-order valence-electron chi connectivity index (χ3n) is 3.83. The first-order chi connectivity index (χ1) is 10.7. The molecule has 1 aliphatic rings. The lowest BCUT2D eigenvalue weighted by Crippen LogP contribution is -2.28. The van der Waals surface area contributed by atoms with Crippen LogP contribution in [0.2, 0.25) is 0 Å². The van der Waals surface area contributed by atoms with Crippen molar-refractivity contribution in [1.82, 2.24) is 4.90 Å². The van der Waals surface area contributed by atoms with Gasteiger partial charge in [0.15, 0.2) is 0 Å². The fraction of sp³-hybridized carbons (Fsp3) is 0.375. The molecule has 0 radical (unpaired) electrons. The van der Waals surface area contributed by atoms with E-state index < -0.39 is 23.6 Å². The predicted molar refractivity (Wildman–Crippen MR) is 77.4 cm³/mol. The van der Waals surface area contributed by atoms with Gasteiger partial charge in [-0.25, -0.2) is 0 Å². The molecular weight excluding hydrogens is 311 g/mol. The van der Waals surface area contributed by atoms with Crippen molar-refractivity contribution >= 4 is 17.4 Å². The summed E-state index contributed by atoms with van der Waals surface area (Å²) in [5.41, 5.74) is -0.0654. The molecule has 1 heterocycles. The number of carbonyl (C=O) groups is 2. The fourth-order valence-corrected chi connectivity index (χ4v) is 2.46. The van der Waals surface area contributed by atoms with Crippen molar-refractivity contribution in [2.75, 3.05) is 13.1 Å². The minimum absolute atomic E-state index is 0.126. The van der Waals surface area contributed by atoms with Gasteiger partial charge in [-0.2, -0.15) is 13.2 Å². The molecule has 1 saturated heterocycles. The number of carboxylic acid groups (broad SMARTS) is 1. The van der Waals surface area contributed by atoms with Crippen LogP contribution in [-0.4, -0.2) is 35.0 Å². The number of carbonyl (C=O) groups excluding carboxylic acids is 1. The molecule has 1 aliphatic heterocycles. The van der Waals surface area contributed by atoms with Crippen molar-refractivity contribution in [2.24, 2.45) is 5.92 Å². The van der Waals surface area contributed by atoms with Gasteiger partial charge in [0.05, 0.1) is 11.5 Å². The number of carboxylic acids is 1. The minimum atomic E-state index is -4.44. The lowest BCUT2D eigenvalue weighted by molar-refractivity contribution is -0.141. The topological polar surface area (TPSA) is 57.6 Å². The zero-order valence-electron chi connectivity index (χ0n) is 12.4. The van der Waals surface area contributed by atoms with Crippen LogP contribution in [0.1, 0.15) is 24.5 Å². The van der Waals surface area contributed by atoms with Crippen LogP contribution < -0.4 is 0 Å². The van der Waals surface area contributed by atoms with Crippen LogP contribution in [0.25, 0.3) is 5.57 Å². The molecule has 1 atom stereocenters. The molecule has 0 aliphatic carbocycles. The SMILES string of the molecule is C/C(=C/C(=O)N1CCC(C(=O)O)C1)c1cccc(C(F)(F)F)c1. The van der Waals surface area contributed by atoms with Gasteiger partial charge in [-0.3, -0.25) is 9.59 Å². The van der Waals surface area contributed by atoms with Crippen molar-refractivity contribution in [1.29, 1.82) is 0 Å². The molecule has 1 amide bonds. The Morgan fingerprint density at radius 3 is 2.61 bits per heavy atom. The minimum Gasteiger partial charge on any atom is -0.481 e. The number of hydrogen-bond acceptors (Lipinski definition) is 2. The molecular formula is C16H16F3NO3. The van der Waals surface area contributed by atoms with Gasteiger partial charge in [0.1, 0.15) is 0 Å². The summed E-state index contributed by atoms with van der Waals surface area (Å²) < 4.78 is 38.1. The number of hydrogen-bond donors (Lipinski definition) is 1. The smallest absolute Gasteiger partial charge is 0.416 e. The van der Waals surface area contributed by atoms with Crippen molar-refractivity contribution < 1.29 is 27.9 Å². The van der Waals surface area contributed by atoms with Crippen molar-refractivity contribution in [2.45, 2.75) is 19.5 Å². The van der Waals surface area contributed by atoms with E-state index in [-0.39, 0.29) is 12.5 Å². The average molecular weight is 327 g/mol. The summed E-state index contributed by atoms with van der Waals surface area (Å²) in [7, 11) is 0. The second-order valence-electron chi connectivity index (χ2n) is 5.51. The number of rotatable bonds is 3. The van der Waals surface area contributed by atoms with Crippen LogP contribution in [0.15, 0.2) is 30.3 Å². The lowest BCUT2D eigenvalue weighted by Gasteiger charge is -2.14. The number of amides is 1. The number of benzene rings is 1. The fourth-order valence-electron chi connectivity index (χ4n) is 2.46. The number of aliphatic carboxylic acids is 1. The maximum Gasteiger partial charge on any atom is 0.416 e. The summed E-state index contributed by atoms with van der Waals surface area (Å²) in [5.74, 6) is -1.91. The highest BCUT2D eigenvalue weighted by molar-refractivity contribution is 5.95. The van der Waals surface area contributed by atoms with Crippen molar-refractivity contribution in [3.63, 3.8) is 0 Å². The van der Waals surface area contributed by atoms with E-state index in [1.807, 2.05) is 0 Å². The Kier molecular flexibility index (Phi) is 4.77. The van der Waals surface area contributed by atoms with Crippen LogP contribution in [0.4, 0.5) is 13.2 Å². The van der Waals surface area contributed by atoms with Crippen LogP contribution in [0, 0.1) is 5.92 Å². The van der Waals surface area contributed by atoms with Gasteiger partial charge < -0.3 is 10.0 Å². The molecule has 0 bridgehead atoms. The van der Waals surface area contributed by atoms with E-state index >= 15 is 0 Å². The van der Waals surface area contributed by atoms with E-state index in [1.54, 1.807) is 6.92 Å². The molecule has 124 valence electrons. The number of alkyl halides is 3. The van der Waals surface area contributed by atoms with Gasteiger partial charge >= 0.3 is 12.1 Å². The third-order valence-corrected chi connectivity index (χ3v) is 3.83. The van der Waals surface area contributed by atoms with Crippen LogP contribution >= 0.6 is 0 Å². The Morgan fingerprint density at radius 2 is 2.04 bits per heavy atom. The second kappa shape index (κ2) is 6.44. The maximum atomic E-state index is 12.7. The van der Waals surface area contributed by atoms with Gasteiger partial charge in [0, 0.05) is 19.2 Å². The monoisotopic (exact) mass is 327 g/mol. The Hall–Kier alpha value is -2.31. The zero-order valence-corrected chi connectivity index (χ0v) is 12.4. The Morgan fingerprint density at radius 1 is 1.35 bits per heavy atom. The lowest BCUT2D eigenvalue weighted by atomic mass is 10.0. The molecule has 1 unspecified atom stereocenters. The largest absolute Gasteiger partial charge is 0.481 e. The quantitative estimate of drug-likeness (QED) is 0.868. The van der Waals surface area contributed by atoms with Gasteiger partial charge in [-0.1, -0.05) is 12.1 Å². The van der Waals surface area contributed by atoms with E-state index in [0.717, 1.165) is 12.1 Å². The molecule has 0 saturated carbocycles. The van der Waals surface area contributed by atoms with Crippen LogP contribution in [-0.2, 0) is 15.8 Å². The molecule has 4 nitrogen and oxygen atoms in total. The van der Waals surface area contributed by atoms with E-state index in [0.29, 0.717) is 24.1 Å². The highest BCUT2D eigenvalue weighted by Gasteiger charge is 2.31. The molecule has 2 rings (SSSR count). The number of allylic oxidation sites excluding steroid dienone is 1. The maximum absolute atomic E-state index is 12.7. The van der Waals surface area contributed by atoms with Gasteiger partial charge in [0.2, 0.25) is 5.91 Å². The van der Waals surface area contributed by atoms with Crippen molar-refractivity contribution in [3.05, 3.63) is 41.5 Å². The molecule has 1 fully saturated rings. The predicted octanol–water partition coefficient (Wildman–Crippen LogP) is 3.04. The van der Waals surface area contributed by atoms with E-state index in [2.05, 4.69) is 0 Å². The van der Waals surface area contributed by atoms with E-state index in [1.165, 1.54) is 23.1 Å². The highest BCUT2D eigenvalue weighted by Crippen LogP contribution is 2.31. The summed E-state index contributed by atoms with van der Waals surface area (Å²) in [4.78, 5) is 24.4.